The first-order valence-corrected chi connectivity index (χ1v) is 6.83. The molecule has 0 spiro atoms. The lowest BCUT2D eigenvalue weighted by Crippen LogP contribution is -2.17. The molecule has 0 amide bonds. The molecule has 3 nitrogen and oxygen atoms in total. The molecule has 0 radical (unpaired) electrons. The highest BCUT2D eigenvalue weighted by molar-refractivity contribution is 5.65. The van der Waals surface area contributed by atoms with Gasteiger partial charge in [0.25, 0.3) is 0 Å². The number of aliphatic hydroxyl groups excluding tert-OH is 1. The zero-order valence-electron chi connectivity index (χ0n) is 11.6. The Morgan fingerprint density at radius 1 is 1.06 bits per heavy atom. The smallest absolute Gasteiger partial charge is 0.302 e. The first-order valence-electron chi connectivity index (χ1n) is 6.83. The number of ether oxygens (including phenoxy) is 1. The maximum Gasteiger partial charge on any atom is 0.302 e. The average molecular weight is 244 g/mol. The van der Waals surface area contributed by atoms with Crippen LogP contribution >= 0.6 is 0 Å². The van der Waals surface area contributed by atoms with Crippen molar-refractivity contribution in [3.8, 4) is 0 Å². The second-order valence-corrected chi connectivity index (χ2v) is 5.20. The van der Waals surface area contributed by atoms with Gasteiger partial charge in [-0.1, -0.05) is 52.4 Å². The number of carbonyl (C=O) groups excluding carboxylic acids is 1. The van der Waals surface area contributed by atoms with Crippen molar-refractivity contribution in [3.63, 3.8) is 0 Å². The minimum absolute atomic E-state index is 0.142. The van der Waals surface area contributed by atoms with Crippen molar-refractivity contribution < 1.29 is 14.6 Å². The van der Waals surface area contributed by atoms with E-state index in [1.54, 1.807) is 0 Å². The monoisotopic (exact) mass is 244 g/mol. The number of unbranched alkanes of at least 4 members (excludes halogenated alkanes) is 4. The van der Waals surface area contributed by atoms with Gasteiger partial charge in [-0.2, -0.15) is 0 Å². The number of rotatable bonds is 10. The van der Waals surface area contributed by atoms with Crippen LogP contribution in [0.3, 0.4) is 0 Å². The van der Waals surface area contributed by atoms with E-state index in [1.807, 2.05) is 0 Å². The molecule has 1 atom stereocenters. The van der Waals surface area contributed by atoms with E-state index < -0.39 is 6.10 Å². The van der Waals surface area contributed by atoms with Crippen LogP contribution in [0.4, 0.5) is 0 Å². The van der Waals surface area contributed by atoms with Crippen molar-refractivity contribution in [2.24, 2.45) is 5.92 Å². The maximum absolute atomic E-state index is 10.5. The summed E-state index contributed by atoms with van der Waals surface area (Å²) >= 11 is 0. The lowest BCUT2D eigenvalue weighted by atomic mass is 10.0. The molecule has 0 aliphatic heterocycles. The zero-order chi connectivity index (χ0) is 13.1. The van der Waals surface area contributed by atoms with Crippen molar-refractivity contribution in [1.29, 1.82) is 0 Å². The largest absolute Gasteiger partial charge is 0.463 e. The van der Waals surface area contributed by atoms with Crippen molar-refractivity contribution in [3.05, 3.63) is 0 Å². The number of carbonyl (C=O) groups is 1. The molecule has 0 fully saturated rings. The van der Waals surface area contributed by atoms with Gasteiger partial charge in [-0.25, -0.2) is 0 Å². The Kier molecular flexibility index (Phi) is 10.2. The molecule has 0 heterocycles. The molecular formula is C14H28O3. The fourth-order valence-electron chi connectivity index (χ4n) is 1.76. The molecule has 3 heteroatoms. The average Bonchev–Trinajstić information content (AvgIpc) is 2.24. The molecule has 0 aromatic rings. The lowest BCUT2D eigenvalue weighted by Gasteiger charge is -2.10. The molecular weight excluding hydrogens is 216 g/mol. The summed E-state index contributed by atoms with van der Waals surface area (Å²) in [7, 11) is 0. The van der Waals surface area contributed by atoms with E-state index in [9.17, 15) is 9.90 Å². The Balaban J connectivity index is 3.19. The first kappa shape index (κ1) is 16.4. The van der Waals surface area contributed by atoms with Gasteiger partial charge in [-0.3, -0.25) is 4.79 Å². The Bertz CT molecular complexity index is 190. The van der Waals surface area contributed by atoms with Gasteiger partial charge in [0.05, 0.1) is 6.10 Å². The number of hydrogen-bond donors (Lipinski definition) is 1. The van der Waals surface area contributed by atoms with Crippen LogP contribution in [0.1, 0.15) is 65.7 Å². The predicted molar refractivity (Wildman–Crippen MR) is 69.8 cm³/mol. The Morgan fingerprint density at radius 3 is 2.12 bits per heavy atom. The quantitative estimate of drug-likeness (QED) is 0.474. The molecule has 1 N–H and O–H groups in total. The summed E-state index contributed by atoms with van der Waals surface area (Å²) in [4.78, 5) is 10.5. The molecule has 102 valence electrons. The third kappa shape index (κ3) is 13.4. The summed E-state index contributed by atoms with van der Waals surface area (Å²) < 4.78 is 4.74. The minimum Gasteiger partial charge on any atom is -0.463 e. The molecule has 0 aliphatic carbocycles. The molecule has 0 aromatic carbocycles. The molecule has 1 unspecified atom stereocenters. The lowest BCUT2D eigenvalue weighted by molar-refractivity contribution is -0.144. The van der Waals surface area contributed by atoms with Crippen molar-refractivity contribution in [1.82, 2.24) is 0 Å². The number of esters is 1. The van der Waals surface area contributed by atoms with Crippen LogP contribution in [-0.2, 0) is 9.53 Å². The topological polar surface area (TPSA) is 46.5 Å². The highest BCUT2D eigenvalue weighted by atomic mass is 16.5. The Morgan fingerprint density at radius 2 is 1.59 bits per heavy atom. The molecule has 0 aromatic heterocycles. The number of hydrogen-bond acceptors (Lipinski definition) is 3. The second kappa shape index (κ2) is 10.6. The van der Waals surface area contributed by atoms with Crippen LogP contribution in [-0.4, -0.2) is 23.8 Å². The summed E-state index contributed by atoms with van der Waals surface area (Å²) in [5.74, 6) is 0.485. The van der Waals surface area contributed by atoms with Crippen LogP contribution in [0.25, 0.3) is 0 Å². The first-order chi connectivity index (χ1) is 8.02. The number of aliphatic hydroxyl groups is 1. The van der Waals surface area contributed by atoms with Gasteiger partial charge >= 0.3 is 5.97 Å². The van der Waals surface area contributed by atoms with Crippen LogP contribution in [0.5, 0.6) is 0 Å². The Labute approximate surface area is 106 Å². The van der Waals surface area contributed by atoms with Crippen LogP contribution in [0.15, 0.2) is 0 Å². The van der Waals surface area contributed by atoms with Crippen LogP contribution in [0.2, 0.25) is 0 Å². The molecule has 0 bridgehead atoms. The van der Waals surface area contributed by atoms with E-state index in [1.165, 1.54) is 32.6 Å². The van der Waals surface area contributed by atoms with E-state index in [-0.39, 0.29) is 12.6 Å². The van der Waals surface area contributed by atoms with Crippen LogP contribution < -0.4 is 0 Å². The third-order valence-electron chi connectivity index (χ3n) is 2.80. The van der Waals surface area contributed by atoms with Gasteiger partial charge in [0.2, 0.25) is 0 Å². The van der Waals surface area contributed by atoms with Gasteiger partial charge in [-0.15, -0.1) is 0 Å². The third-order valence-corrected chi connectivity index (χ3v) is 2.80. The minimum atomic E-state index is -0.491. The zero-order valence-corrected chi connectivity index (χ0v) is 11.6. The predicted octanol–water partition coefficient (Wildman–Crippen LogP) is 3.30. The van der Waals surface area contributed by atoms with E-state index in [0.717, 1.165) is 25.2 Å². The maximum atomic E-state index is 10.5. The van der Waals surface area contributed by atoms with Gasteiger partial charge in [-0.05, 0) is 12.3 Å². The SMILES string of the molecule is CC(=O)OCC(O)CCCCCCCC(C)C. The summed E-state index contributed by atoms with van der Waals surface area (Å²) in [5.41, 5.74) is 0. The van der Waals surface area contributed by atoms with Crippen molar-refractivity contribution in [2.45, 2.75) is 71.8 Å². The van der Waals surface area contributed by atoms with Crippen molar-refractivity contribution >= 4 is 5.97 Å². The highest BCUT2D eigenvalue weighted by Gasteiger charge is 2.05. The van der Waals surface area contributed by atoms with E-state index in [2.05, 4.69) is 13.8 Å². The Hall–Kier alpha value is -0.570. The molecule has 17 heavy (non-hydrogen) atoms. The summed E-state index contributed by atoms with van der Waals surface area (Å²) in [6, 6.07) is 0. The standard InChI is InChI=1S/C14H28O3/c1-12(2)9-7-5-4-6-8-10-14(16)11-17-13(3)15/h12,14,16H,4-11H2,1-3H3. The highest BCUT2D eigenvalue weighted by Crippen LogP contribution is 2.12. The van der Waals surface area contributed by atoms with Gasteiger partial charge in [0.15, 0.2) is 0 Å². The molecule has 0 saturated heterocycles. The van der Waals surface area contributed by atoms with E-state index in [0.29, 0.717) is 0 Å². The summed E-state index contributed by atoms with van der Waals surface area (Å²) in [5, 5.41) is 9.50. The van der Waals surface area contributed by atoms with Crippen molar-refractivity contribution in [2.75, 3.05) is 6.61 Å². The van der Waals surface area contributed by atoms with Gasteiger partial charge < -0.3 is 9.84 Å². The van der Waals surface area contributed by atoms with E-state index in [4.69, 9.17) is 4.74 Å². The normalized spacial score (nSPS) is 12.8. The fourth-order valence-corrected chi connectivity index (χ4v) is 1.76. The van der Waals surface area contributed by atoms with Gasteiger partial charge in [0.1, 0.15) is 6.61 Å². The summed E-state index contributed by atoms with van der Waals surface area (Å²) in [6.45, 7) is 6.01. The fraction of sp³-hybridized carbons (Fsp3) is 0.929. The second-order valence-electron chi connectivity index (χ2n) is 5.20. The molecule has 0 rings (SSSR count). The van der Waals surface area contributed by atoms with Gasteiger partial charge in [0, 0.05) is 6.92 Å². The summed E-state index contributed by atoms with van der Waals surface area (Å²) in [6.07, 6.45) is 7.58. The molecule has 0 saturated carbocycles. The van der Waals surface area contributed by atoms with Crippen LogP contribution in [0, 0.1) is 5.92 Å². The molecule has 0 aliphatic rings. The van der Waals surface area contributed by atoms with E-state index >= 15 is 0 Å².